The van der Waals surface area contributed by atoms with Crippen molar-refractivity contribution in [3.63, 3.8) is 0 Å². The van der Waals surface area contributed by atoms with Crippen molar-refractivity contribution in [3.8, 4) is 0 Å². The maximum Gasteiger partial charge on any atom is 0.244 e. The SMILES string of the molecule is CC1C(=O)N(C)CCN1c1ncc(Cl)cc1F. The maximum atomic E-state index is 13.7. The van der Waals surface area contributed by atoms with E-state index in [1.165, 1.54) is 12.3 Å². The van der Waals surface area contributed by atoms with Gasteiger partial charge in [-0.25, -0.2) is 9.37 Å². The fraction of sp³-hybridized carbons (Fsp3) is 0.455. The van der Waals surface area contributed by atoms with Crippen molar-refractivity contribution in [1.29, 1.82) is 0 Å². The molecule has 0 spiro atoms. The first-order valence-corrected chi connectivity index (χ1v) is 5.71. The average Bonchev–Trinajstić information content (AvgIpc) is 2.28. The molecule has 1 atom stereocenters. The van der Waals surface area contributed by atoms with E-state index in [2.05, 4.69) is 4.98 Å². The van der Waals surface area contributed by atoms with Crippen LogP contribution in [-0.2, 0) is 4.79 Å². The van der Waals surface area contributed by atoms with Gasteiger partial charge in [-0.15, -0.1) is 0 Å². The Morgan fingerprint density at radius 1 is 1.53 bits per heavy atom. The van der Waals surface area contributed by atoms with E-state index in [1.807, 2.05) is 0 Å². The number of carbonyl (C=O) groups excluding carboxylic acids is 1. The predicted octanol–water partition coefficient (Wildman–Crippen LogP) is 1.54. The third-order valence-corrected chi connectivity index (χ3v) is 3.14. The fourth-order valence-electron chi connectivity index (χ4n) is 1.92. The minimum atomic E-state index is -0.498. The summed E-state index contributed by atoms with van der Waals surface area (Å²) in [6, 6.07) is 0.802. The second kappa shape index (κ2) is 4.49. The average molecular weight is 258 g/mol. The number of rotatable bonds is 1. The second-order valence-electron chi connectivity index (χ2n) is 4.09. The second-order valence-corrected chi connectivity index (χ2v) is 4.52. The summed E-state index contributed by atoms with van der Waals surface area (Å²) in [6.45, 7) is 2.87. The van der Waals surface area contributed by atoms with E-state index < -0.39 is 11.9 Å². The Bertz CT molecular complexity index is 454. The maximum absolute atomic E-state index is 13.7. The highest BCUT2D eigenvalue weighted by atomic mass is 35.5. The van der Waals surface area contributed by atoms with Gasteiger partial charge in [0.2, 0.25) is 5.91 Å². The van der Waals surface area contributed by atoms with Gasteiger partial charge >= 0.3 is 0 Å². The van der Waals surface area contributed by atoms with Crippen molar-refractivity contribution in [1.82, 2.24) is 9.88 Å². The van der Waals surface area contributed by atoms with E-state index in [1.54, 1.807) is 23.8 Å². The van der Waals surface area contributed by atoms with Crippen LogP contribution in [0, 0.1) is 5.82 Å². The van der Waals surface area contributed by atoms with Crippen LogP contribution in [0.4, 0.5) is 10.2 Å². The number of pyridine rings is 1. The quantitative estimate of drug-likeness (QED) is 0.766. The molecule has 2 heterocycles. The molecule has 0 bridgehead atoms. The van der Waals surface area contributed by atoms with Gasteiger partial charge < -0.3 is 9.80 Å². The molecule has 1 amide bonds. The van der Waals surface area contributed by atoms with Gasteiger partial charge in [-0.05, 0) is 13.0 Å². The molecule has 0 radical (unpaired) electrons. The summed E-state index contributed by atoms with van der Waals surface area (Å²) >= 11 is 5.65. The lowest BCUT2D eigenvalue weighted by Gasteiger charge is -2.38. The molecule has 1 aliphatic heterocycles. The summed E-state index contributed by atoms with van der Waals surface area (Å²) in [4.78, 5) is 19.0. The van der Waals surface area contributed by atoms with E-state index in [0.29, 0.717) is 13.1 Å². The highest BCUT2D eigenvalue weighted by molar-refractivity contribution is 6.30. The standard InChI is InChI=1S/C11H13ClFN3O/c1-7-11(17)15(2)3-4-16(7)10-9(13)5-8(12)6-14-10/h5-7H,3-4H2,1-2H3. The van der Waals surface area contributed by atoms with Crippen molar-refractivity contribution in [2.75, 3.05) is 25.0 Å². The monoisotopic (exact) mass is 257 g/mol. The summed E-state index contributed by atoms with van der Waals surface area (Å²) in [7, 11) is 1.74. The lowest BCUT2D eigenvalue weighted by atomic mass is 10.2. The van der Waals surface area contributed by atoms with Crippen LogP contribution in [0.2, 0.25) is 5.02 Å². The minimum absolute atomic E-state index is 0.0348. The Labute approximate surface area is 104 Å². The smallest absolute Gasteiger partial charge is 0.244 e. The molecule has 6 heteroatoms. The van der Waals surface area contributed by atoms with E-state index in [4.69, 9.17) is 11.6 Å². The van der Waals surface area contributed by atoms with Gasteiger partial charge in [-0.1, -0.05) is 11.6 Å². The molecule has 1 unspecified atom stereocenters. The number of anilines is 1. The molecule has 1 aromatic rings. The predicted molar refractivity (Wildman–Crippen MR) is 63.7 cm³/mol. The number of halogens is 2. The Morgan fingerprint density at radius 3 is 2.88 bits per heavy atom. The molecular weight excluding hydrogens is 245 g/mol. The molecule has 1 fully saturated rings. The third-order valence-electron chi connectivity index (χ3n) is 2.94. The van der Waals surface area contributed by atoms with Crippen LogP contribution in [0.1, 0.15) is 6.92 Å². The molecule has 1 saturated heterocycles. The molecule has 92 valence electrons. The molecule has 1 aliphatic rings. The summed E-state index contributed by atoms with van der Waals surface area (Å²) < 4.78 is 13.7. The van der Waals surface area contributed by atoms with Gasteiger partial charge in [-0.2, -0.15) is 0 Å². The van der Waals surface area contributed by atoms with Crippen LogP contribution in [0.5, 0.6) is 0 Å². The third kappa shape index (κ3) is 2.20. The van der Waals surface area contributed by atoms with E-state index in [0.717, 1.165) is 0 Å². The highest BCUT2D eigenvalue weighted by Gasteiger charge is 2.31. The summed E-state index contributed by atoms with van der Waals surface area (Å²) in [6.07, 6.45) is 1.38. The van der Waals surface area contributed by atoms with E-state index in [9.17, 15) is 9.18 Å². The van der Waals surface area contributed by atoms with Crippen LogP contribution in [0.15, 0.2) is 12.3 Å². The molecule has 0 saturated carbocycles. The number of amides is 1. The first-order chi connectivity index (χ1) is 8.00. The zero-order valence-corrected chi connectivity index (χ0v) is 10.4. The first-order valence-electron chi connectivity index (χ1n) is 5.33. The Morgan fingerprint density at radius 2 is 2.24 bits per heavy atom. The van der Waals surface area contributed by atoms with Gasteiger partial charge in [0, 0.05) is 26.3 Å². The van der Waals surface area contributed by atoms with Gasteiger partial charge in [0.05, 0.1) is 5.02 Å². The van der Waals surface area contributed by atoms with Crippen molar-refractivity contribution in [3.05, 3.63) is 23.1 Å². The number of nitrogens with zero attached hydrogens (tertiary/aromatic N) is 3. The van der Waals surface area contributed by atoms with Crippen LogP contribution in [-0.4, -0.2) is 42.0 Å². The summed E-state index contributed by atoms with van der Waals surface area (Å²) in [5, 5.41) is 0.249. The Kier molecular flexibility index (Phi) is 3.19. The van der Waals surface area contributed by atoms with Gasteiger partial charge in [-0.3, -0.25) is 4.79 Å². The van der Waals surface area contributed by atoms with Crippen molar-refractivity contribution < 1.29 is 9.18 Å². The normalized spacial score (nSPS) is 20.9. The van der Waals surface area contributed by atoms with Gasteiger partial charge in [0.25, 0.3) is 0 Å². The van der Waals surface area contributed by atoms with Crippen molar-refractivity contribution in [2.45, 2.75) is 13.0 Å². The van der Waals surface area contributed by atoms with Crippen LogP contribution < -0.4 is 4.90 Å². The fourth-order valence-corrected chi connectivity index (χ4v) is 2.07. The van der Waals surface area contributed by atoms with Gasteiger partial charge in [0.15, 0.2) is 11.6 Å². The van der Waals surface area contributed by atoms with E-state index in [-0.39, 0.29) is 16.7 Å². The lowest BCUT2D eigenvalue weighted by Crippen LogP contribution is -2.55. The van der Waals surface area contributed by atoms with Crippen LogP contribution in [0.25, 0.3) is 0 Å². The number of aromatic nitrogens is 1. The lowest BCUT2D eigenvalue weighted by molar-refractivity contribution is -0.132. The molecule has 0 aliphatic carbocycles. The Balaban J connectivity index is 2.31. The van der Waals surface area contributed by atoms with E-state index >= 15 is 0 Å². The summed E-state index contributed by atoms with van der Waals surface area (Å²) in [5.74, 6) is -0.350. The zero-order valence-electron chi connectivity index (χ0n) is 9.65. The van der Waals surface area contributed by atoms with Gasteiger partial charge in [0.1, 0.15) is 6.04 Å². The van der Waals surface area contributed by atoms with Crippen LogP contribution in [0.3, 0.4) is 0 Å². The number of carbonyl (C=O) groups is 1. The molecule has 0 N–H and O–H groups in total. The number of hydrogen-bond acceptors (Lipinski definition) is 3. The number of hydrogen-bond donors (Lipinski definition) is 0. The first kappa shape index (κ1) is 12.1. The highest BCUT2D eigenvalue weighted by Crippen LogP contribution is 2.23. The molecule has 0 aromatic carbocycles. The van der Waals surface area contributed by atoms with Crippen LogP contribution >= 0.6 is 11.6 Å². The Hall–Kier alpha value is -1.36. The largest absolute Gasteiger partial charge is 0.342 e. The van der Waals surface area contributed by atoms with Crippen molar-refractivity contribution in [2.24, 2.45) is 0 Å². The minimum Gasteiger partial charge on any atom is -0.342 e. The number of piperazine rings is 1. The topological polar surface area (TPSA) is 36.4 Å². The summed E-state index contributed by atoms with van der Waals surface area (Å²) in [5.41, 5.74) is 0. The number of likely N-dealkylation sites (N-methyl/N-ethyl adjacent to an activating group) is 1. The molecule has 1 aromatic heterocycles. The van der Waals surface area contributed by atoms with Crippen molar-refractivity contribution >= 4 is 23.3 Å². The molecule has 17 heavy (non-hydrogen) atoms. The molecular formula is C11H13ClFN3O. The molecule has 4 nitrogen and oxygen atoms in total. The zero-order chi connectivity index (χ0) is 12.6. The molecule has 2 rings (SSSR count).